The van der Waals surface area contributed by atoms with Gasteiger partial charge in [0.1, 0.15) is 13.2 Å². The fraction of sp³-hybridized carbons (Fsp3) is 0.614. The number of rotatable bonds is 54. The van der Waals surface area contributed by atoms with Gasteiger partial charge in [0.2, 0.25) is 0 Å². The van der Waals surface area contributed by atoms with Crippen molar-refractivity contribution in [2.45, 2.75) is 264 Å². The number of ether oxygens (including phenoxy) is 3. The zero-order valence-corrected chi connectivity index (χ0v) is 49.0. The fourth-order valence-electron chi connectivity index (χ4n) is 7.92. The molecule has 0 radical (unpaired) electrons. The smallest absolute Gasteiger partial charge is 0.306 e. The van der Waals surface area contributed by atoms with Crippen molar-refractivity contribution in [2.24, 2.45) is 0 Å². The first kappa shape index (κ1) is 71.3. The number of hydrogen-bond acceptors (Lipinski definition) is 6. The van der Waals surface area contributed by atoms with Crippen LogP contribution in [-0.4, -0.2) is 37.2 Å². The van der Waals surface area contributed by atoms with E-state index in [-0.39, 0.29) is 31.1 Å². The number of hydrogen-bond donors (Lipinski definition) is 0. The van der Waals surface area contributed by atoms with Crippen LogP contribution in [0.3, 0.4) is 0 Å². The molecule has 0 aromatic rings. The maximum Gasteiger partial charge on any atom is 0.306 e. The molecule has 0 saturated heterocycles. The normalized spacial score (nSPS) is 13.1. The number of esters is 3. The molecular weight excluding hydrogens is 937 g/mol. The highest BCUT2D eigenvalue weighted by atomic mass is 16.6. The van der Waals surface area contributed by atoms with Gasteiger partial charge >= 0.3 is 17.9 Å². The molecule has 0 heterocycles. The largest absolute Gasteiger partial charge is 0.462 e. The molecule has 76 heavy (non-hydrogen) atoms. The van der Waals surface area contributed by atoms with Gasteiger partial charge in [0.25, 0.3) is 0 Å². The molecule has 428 valence electrons. The van der Waals surface area contributed by atoms with Gasteiger partial charge in [-0.3, -0.25) is 14.4 Å². The van der Waals surface area contributed by atoms with Crippen LogP contribution in [-0.2, 0) is 28.6 Å². The van der Waals surface area contributed by atoms with Gasteiger partial charge in [-0.25, -0.2) is 0 Å². The quantitative estimate of drug-likeness (QED) is 0.0261. The maximum atomic E-state index is 12.8. The van der Waals surface area contributed by atoms with Crippen molar-refractivity contribution < 1.29 is 28.6 Å². The van der Waals surface area contributed by atoms with Crippen molar-refractivity contribution >= 4 is 17.9 Å². The van der Waals surface area contributed by atoms with E-state index >= 15 is 0 Å². The lowest BCUT2D eigenvalue weighted by molar-refractivity contribution is -0.167. The molecule has 0 amide bonds. The Kier molecular flexibility index (Phi) is 58.9. The third kappa shape index (κ3) is 60.2. The van der Waals surface area contributed by atoms with E-state index in [1.54, 1.807) is 0 Å². The standard InChI is InChI=1S/C70H112O6/c1-4-7-10-13-16-19-22-25-27-28-29-30-31-32-33-34-35-36-37-38-39-40-41-42-43-46-48-51-54-57-60-63-69(72)75-66-67(65-74-68(71)62-59-56-53-50-47-44-24-21-18-15-12-9-6-3)76-70(73)64-61-58-55-52-49-45-26-23-20-17-14-11-8-5-2/h7,10,12,14-17,19,21,23-27,29-30,32-33,35-36,38-39,41-42,67H,4-6,8-9,11,13,18,20,22,28,31,34,37,40,43-66H2,1-3H3/b10-7-,15-12-,17-14-,19-16-,24-21-,26-23-,27-25-,30-29-,33-32-,36-35-,39-38-,42-41-. The molecule has 0 aliphatic heterocycles. The number of carbonyl (C=O) groups is 3. The summed E-state index contributed by atoms with van der Waals surface area (Å²) in [5.74, 6) is -0.947. The molecule has 0 N–H and O–H groups in total. The molecule has 1 atom stereocenters. The molecule has 0 aromatic carbocycles. The highest BCUT2D eigenvalue weighted by Crippen LogP contribution is 2.14. The van der Waals surface area contributed by atoms with Crippen molar-refractivity contribution in [3.05, 3.63) is 146 Å². The van der Waals surface area contributed by atoms with Crippen LogP contribution in [0.2, 0.25) is 0 Å². The van der Waals surface area contributed by atoms with Gasteiger partial charge in [-0.15, -0.1) is 0 Å². The van der Waals surface area contributed by atoms with E-state index < -0.39 is 6.10 Å². The van der Waals surface area contributed by atoms with Gasteiger partial charge in [-0.2, -0.15) is 0 Å². The lowest BCUT2D eigenvalue weighted by Crippen LogP contribution is -2.30. The van der Waals surface area contributed by atoms with Gasteiger partial charge in [-0.05, 0) is 135 Å². The monoisotopic (exact) mass is 1050 g/mol. The van der Waals surface area contributed by atoms with Gasteiger partial charge in [0.05, 0.1) is 0 Å². The van der Waals surface area contributed by atoms with Gasteiger partial charge in [-0.1, -0.05) is 250 Å². The molecule has 1 unspecified atom stereocenters. The molecule has 0 aromatic heterocycles. The second-order valence-electron chi connectivity index (χ2n) is 19.9. The van der Waals surface area contributed by atoms with Gasteiger partial charge in [0.15, 0.2) is 6.10 Å². The average molecular weight is 1050 g/mol. The first-order valence-electron chi connectivity index (χ1n) is 30.8. The molecule has 0 bridgehead atoms. The first-order chi connectivity index (χ1) is 37.5. The van der Waals surface area contributed by atoms with Gasteiger partial charge < -0.3 is 14.2 Å². The number of allylic oxidation sites excluding steroid dienone is 24. The summed E-state index contributed by atoms with van der Waals surface area (Å²) in [5.41, 5.74) is 0. The minimum atomic E-state index is -0.803. The van der Waals surface area contributed by atoms with Crippen LogP contribution < -0.4 is 0 Å². The summed E-state index contributed by atoms with van der Waals surface area (Å²) in [6.07, 6.45) is 89.9. The zero-order chi connectivity index (χ0) is 55.0. The van der Waals surface area contributed by atoms with Crippen LogP contribution in [0.25, 0.3) is 0 Å². The summed E-state index contributed by atoms with van der Waals surface area (Å²) in [7, 11) is 0. The SMILES string of the molecule is CC/C=C\C/C=C\C/C=C\C/C=C\C/C=C\C/C=C\C/C=C\C/C=C\CCCCCCCCC(=O)OCC(COC(=O)CCCCCCC/C=C\C/C=C\CCC)OC(=O)CCCCCCC/C=C\C/C=C\CCCC. The van der Waals surface area contributed by atoms with Crippen LogP contribution in [0.4, 0.5) is 0 Å². The lowest BCUT2D eigenvalue weighted by atomic mass is 10.1. The number of carbonyl (C=O) groups excluding carboxylic acids is 3. The Hall–Kier alpha value is -4.71. The minimum absolute atomic E-state index is 0.100. The molecule has 0 spiro atoms. The van der Waals surface area contributed by atoms with Crippen molar-refractivity contribution in [1.82, 2.24) is 0 Å². The topological polar surface area (TPSA) is 78.9 Å². The summed E-state index contributed by atoms with van der Waals surface area (Å²) >= 11 is 0. The second kappa shape index (κ2) is 62.8. The van der Waals surface area contributed by atoms with E-state index in [1.807, 2.05) is 0 Å². The zero-order valence-electron chi connectivity index (χ0n) is 49.0. The Morgan fingerprint density at radius 3 is 0.855 bits per heavy atom. The first-order valence-corrected chi connectivity index (χ1v) is 30.8. The molecule has 6 heteroatoms. The predicted octanol–water partition coefficient (Wildman–Crippen LogP) is 21.2. The summed E-state index contributed by atoms with van der Waals surface area (Å²) in [6, 6.07) is 0. The van der Waals surface area contributed by atoms with Crippen LogP contribution in [0.1, 0.15) is 258 Å². The van der Waals surface area contributed by atoms with E-state index in [2.05, 4.69) is 167 Å². The van der Waals surface area contributed by atoms with Crippen molar-refractivity contribution in [3.8, 4) is 0 Å². The highest BCUT2D eigenvalue weighted by Gasteiger charge is 2.19. The molecular formula is C70H112O6. The van der Waals surface area contributed by atoms with Crippen LogP contribution in [0.5, 0.6) is 0 Å². The minimum Gasteiger partial charge on any atom is -0.462 e. The lowest BCUT2D eigenvalue weighted by Gasteiger charge is -2.18. The van der Waals surface area contributed by atoms with E-state index in [1.165, 1.54) is 38.5 Å². The third-order valence-electron chi connectivity index (χ3n) is 12.5. The third-order valence-corrected chi connectivity index (χ3v) is 12.5. The van der Waals surface area contributed by atoms with E-state index in [9.17, 15) is 14.4 Å². The van der Waals surface area contributed by atoms with Crippen molar-refractivity contribution in [1.29, 1.82) is 0 Å². The average Bonchev–Trinajstić information content (AvgIpc) is 3.42. The molecule has 0 aliphatic rings. The van der Waals surface area contributed by atoms with E-state index in [4.69, 9.17) is 14.2 Å². The summed E-state index contributed by atoms with van der Waals surface area (Å²) in [6.45, 7) is 6.37. The van der Waals surface area contributed by atoms with E-state index in [0.29, 0.717) is 19.3 Å². The molecule has 0 rings (SSSR count). The van der Waals surface area contributed by atoms with Gasteiger partial charge in [0, 0.05) is 19.3 Å². The van der Waals surface area contributed by atoms with Crippen molar-refractivity contribution in [3.63, 3.8) is 0 Å². The fourth-order valence-corrected chi connectivity index (χ4v) is 7.92. The summed E-state index contributed by atoms with van der Waals surface area (Å²) in [4.78, 5) is 38.2. The predicted molar refractivity (Wildman–Crippen MR) is 329 cm³/mol. The Balaban J connectivity index is 4.34. The van der Waals surface area contributed by atoms with Crippen LogP contribution >= 0.6 is 0 Å². The summed E-state index contributed by atoms with van der Waals surface area (Å²) < 4.78 is 16.8. The summed E-state index contributed by atoms with van der Waals surface area (Å²) in [5, 5.41) is 0. The second-order valence-corrected chi connectivity index (χ2v) is 19.9. The maximum absolute atomic E-state index is 12.8. The molecule has 0 aliphatic carbocycles. The van der Waals surface area contributed by atoms with Crippen LogP contribution in [0, 0.1) is 0 Å². The molecule has 0 saturated carbocycles. The Morgan fingerprint density at radius 1 is 0.276 bits per heavy atom. The highest BCUT2D eigenvalue weighted by molar-refractivity contribution is 5.71. The molecule has 6 nitrogen and oxygen atoms in total. The Bertz CT molecular complexity index is 1680. The molecule has 0 fully saturated rings. The van der Waals surface area contributed by atoms with E-state index in [0.717, 1.165) is 180 Å². The Labute approximate surface area is 467 Å². The number of unbranched alkanes of at least 4 members (excludes halogenated alkanes) is 19. The van der Waals surface area contributed by atoms with Crippen LogP contribution in [0.15, 0.2) is 146 Å². The van der Waals surface area contributed by atoms with Crippen molar-refractivity contribution in [2.75, 3.05) is 13.2 Å². The Morgan fingerprint density at radius 2 is 0.539 bits per heavy atom.